The number of carbonyl (C=O) groups excluding carboxylic acids is 1. The van der Waals surface area contributed by atoms with E-state index in [1.54, 1.807) is 24.5 Å². The van der Waals surface area contributed by atoms with Gasteiger partial charge in [-0.25, -0.2) is 0 Å². The predicted molar refractivity (Wildman–Crippen MR) is 90.2 cm³/mol. The number of aryl methyl sites for hydroxylation is 1. The van der Waals surface area contributed by atoms with E-state index in [2.05, 4.69) is 15.3 Å². The molecule has 0 radical (unpaired) electrons. The number of nitrogens with one attached hydrogen (secondary N) is 1. The number of nitrogens with zero attached hydrogens (tertiary/aromatic N) is 3. The number of amides is 1. The second-order valence-electron chi connectivity index (χ2n) is 6.24. The largest absolute Gasteiger partial charge is 0.506 e. The van der Waals surface area contributed by atoms with E-state index in [9.17, 15) is 9.90 Å². The lowest BCUT2D eigenvalue weighted by Gasteiger charge is -2.25. The van der Waals surface area contributed by atoms with E-state index >= 15 is 0 Å². The van der Waals surface area contributed by atoms with Crippen molar-refractivity contribution < 1.29 is 9.90 Å². The molecule has 0 aliphatic carbocycles. The summed E-state index contributed by atoms with van der Waals surface area (Å²) in [5.74, 6) is 0.524. The quantitative estimate of drug-likeness (QED) is 0.876. The smallest absolute Gasteiger partial charge is 0.223 e. The van der Waals surface area contributed by atoms with Gasteiger partial charge in [-0.2, -0.15) is 0 Å². The van der Waals surface area contributed by atoms with Gasteiger partial charge in [0.05, 0.1) is 11.7 Å². The molecule has 2 N–H and O–H groups in total. The number of hydrogen-bond donors (Lipinski definition) is 2. The van der Waals surface area contributed by atoms with Crippen LogP contribution in [0.4, 0.5) is 0 Å². The van der Waals surface area contributed by atoms with Crippen molar-refractivity contribution in [1.82, 2.24) is 20.2 Å². The third-order valence-corrected chi connectivity index (χ3v) is 4.53. The molecule has 0 aromatic carbocycles. The number of rotatable bonds is 5. The summed E-state index contributed by atoms with van der Waals surface area (Å²) in [6.45, 7) is 3.05. The van der Waals surface area contributed by atoms with Gasteiger partial charge in [-0.15, -0.1) is 0 Å². The van der Waals surface area contributed by atoms with Crippen LogP contribution >= 0.6 is 0 Å². The first-order valence-electron chi connectivity index (χ1n) is 8.08. The number of aromatic nitrogens is 2. The molecule has 3 heterocycles. The number of hydrogen-bond acceptors (Lipinski definition) is 5. The Morgan fingerprint density at radius 2 is 2.04 bits per heavy atom. The third-order valence-electron chi connectivity index (χ3n) is 4.53. The van der Waals surface area contributed by atoms with Crippen molar-refractivity contribution in [2.45, 2.75) is 25.9 Å². The first-order valence-corrected chi connectivity index (χ1v) is 8.08. The Hall–Kier alpha value is -2.47. The Bertz CT molecular complexity index is 720. The van der Waals surface area contributed by atoms with Crippen LogP contribution in [-0.2, 0) is 11.3 Å². The summed E-state index contributed by atoms with van der Waals surface area (Å²) in [5.41, 5.74) is 2.60. The van der Waals surface area contributed by atoms with Gasteiger partial charge in [-0.3, -0.25) is 14.8 Å². The summed E-state index contributed by atoms with van der Waals surface area (Å²) in [5, 5.41) is 13.2. The number of aromatic hydroxyl groups is 1. The van der Waals surface area contributed by atoms with Crippen LogP contribution in [0.25, 0.3) is 0 Å². The standard InChI is InChI=1S/C18H22N4O2/c1-12-3-4-16(23)15(21-12)11-20-10-14-9-17(24)22(2)18(14)13-5-7-19-8-6-13/h3-8,14,18,20,23H,9-11H2,1-2H3/t14-,18-/m0/s1. The Labute approximate surface area is 141 Å². The Balaban J connectivity index is 1.67. The van der Waals surface area contributed by atoms with Crippen molar-refractivity contribution in [3.63, 3.8) is 0 Å². The van der Waals surface area contributed by atoms with Gasteiger partial charge in [-0.1, -0.05) is 0 Å². The van der Waals surface area contributed by atoms with Gasteiger partial charge in [0.1, 0.15) is 5.75 Å². The highest BCUT2D eigenvalue weighted by atomic mass is 16.3. The van der Waals surface area contributed by atoms with E-state index in [1.165, 1.54) is 0 Å². The fraction of sp³-hybridized carbons (Fsp3) is 0.389. The number of carbonyl (C=O) groups is 1. The van der Waals surface area contributed by atoms with E-state index < -0.39 is 0 Å². The summed E-state index contributed by atoms with van der Waals surface area (Å²) >= 11 is 0. The zero-order valence-corrected chi connectivity index (χ0v) is 13.9. The van der Waals surface area contributed by atoms with Crippen LogP contribution in [0.2, 0.25) is 0 Å². The lowest BCUT2D eigenvalue weighted by Crippen LogP contribution is -2.29. The van der Waals surface area contributed by atoms with Crippen molar-refractivity contribution in [2.75, 3.05) is 13.6 Å². The molecular formula is C18H22N4O2. The van der Waals surface area contributed by atoms with E-state index in [1.807, 2.05) is 31.0 Å². The van der Waals surface area contributed by atoms with Crippen molar-refractivity contribution in [1.29, 1.82) is 0 Å². The number of likely N-dealkylation sites (tertiary alicyclic amines) is 1. The zero-order chi connectivity index (χ0) is 17.1. The summed E-state index contributed by atoms with van der Waals surface area (Å²) in [4.78, 5) is 22.3. The first-order chi connectivity index (χ1) is 11.6. The molecule has 126 valence electrons. The molecule has 0 unspecified atom stereocenters. The Morgan fingerprint density at radius 3 is 2.79 bits per heavy atom. The van der Waals surface area contributed by atoms with Gasteiger partial charge >= 0.3 is 0 Å². The van der Waals surface area contributed by atoms with Crippen LogP contribution in [0, 0.1) is 12.8 Å². The molecule has 1 amide bonds. The van der Waals surface area contributed by atoms with Crippen molar-refractivity contribution in [3.05, 3.63) is 53.6 Å². The van der Waals surface area contributed by atoms with Crippen LogP contribution in [-0.4, -0.2) is 39.5 Å². The molecule has 2 atom stereocenters. The molecule has 1 aliphatic rings. The highest BCUT2D eigenvalue weighted by molar-refractivity contribution is 5.79. The average Bonchev–Trinajstić information content (AvgIpc) is 2.86. The molecule has 0 spiro atoms. The maximum absolute atomic E-state index is 12.1. The Kier molecular flexibility index (Phi) is 4.76. The minimum Gasteiger partial charge on any atom is -0.506 e. The van der Waals surface area contributed by atoms with Gasteiger partial charge in [0.25, 0.3) is 0 Å². The Morgan fingerprint density at radius 1 is 1.29 bits per heavy atom. The molecule has 0 saturated carbocycles. The first kappa shape index (κ1) is 16.4. The van der Waals surface area contributed by atoms with E-state index in [4.69, 9.17) is 0 Å². The van der Waals surface area contributed by atoms with Gasteiger partial charge in [-0.05, 0) is 36.8 Å². The molecule has 3 rings (SSSR count). The van der Waals surface area contributed by atoms with E-state index in [0.717, 1.165) is 11.3 Å². The van der Waals surface area contributed by atoms with E-state index in [0.29, 0.717) is 25.2 Å². The SMILES string of the molecule is Cc1ccc(O)c(CNC[C@@H]2CC(=O)N(C)[C@H]2c2ccncc2)n1. The molecule has 2 aromatic heterocycles. The van der Waals surface area contributed by atoms with Gasteiger partial charge in [0, 0.05) is 50.6 Å². The highest BCUT2D eigenvalue weighted by Crippen LogP contribution is 2.36. The summed E-state index contributed by atoms with van der Waals surface area (Å²) in [6, 6.07) is 7.41. The van der Waals surface area contributed by atoms with E-state index in [-0.39, 0.29) is 23.6 Å². The molecular weight excluding hydrogens is 304 g/mol. The molecule has 0 bridgehead atoms. The molecule has 24 heavy (non-hydrogen) atoms. The predicted octanol–water partition coefficient (Wildman–Crippen LogP) is 1.80. The second kappa shape index (κ2) is 6.97. The molecule has 1 fully saturated rings. The monoisotopic (exact) mass is 326 g/mol. The van der Waals surface area contributed by atoms with Crippen molar-refractivity contribution >= 4 is 5.91 Å². The van der Waals surface area contributed by atoms with Crippen molar-refractivity contribution in [2.24, 2.45) is 5.92 Å². The fourth-order valence-electron chi connectivity index (χ4n) is 3.30. The van der Waals surface area contributed by atoms with Crippen LogP contribution < -0.4 is 5.32 Å². The minimum absolute atomic E-state index is 0.0482. The van der Waals surface area contributed by atoms with Gasteiger partial charge in [0.2, 0.25) is 5.91 Å². The summed E-state index contributed by atoms with van der Waals surface area (Å²) in [6.07, 6.45) is 4.03. The van der Waals surface area contributed by atoms with Gasteiger partial charge < -0.3 is 15.3 Å². The van der Waals surface area contributed by atoms with Gasteiger partial charge in [0.15, 0.2) is 0 Å². The highest BCUT2D eigenvalue weighted by Gasteiger charge is 2.38. The lowest BCUT2D eigenvalue weighted by atomic mass is 9.94. The van der Waals surface area contributed by atoms with Crippen LogP contribution in [0.1, 0.15) is 29.4 Å². The van der Waals surface area contributed by atoms with Crippen LogP contribution in [0.3, 0.4) is 0 Å². The lowest BCUT2D eigenvalue weighted by molar-refractivity contribution is -0.127. The van der Waals surface area contributed by atoms with Crippen molar-refractivity contribution in [3.8, 4) is 5.75 Å². The summed E-state index contributed by atoms with van der Waals surface area (Å²) < 4.78 is 0. The average molecular weight is 326 g/mol. The molecule has 1 saturated heterocycles. The van der Waals surface area contributed by atoms with Crippen LogP contribution in [0.15, 0.2) is 36.7 Å². The van der Waals surface area contributed by atoms with Crippen LogP contribution in [0.5, 0.6) is 5.75 Å². The maximum Gasteiger partial charge on any atom is 0.223 e. The summed E-state index contributed by atoms with van der Waals surface area (Å²) in [7, 11) is 1.85. The molecule has 2 aromatic rings. The zero-order valence-electron chi connectivity index (χ0n) is 13.9. The normalized spacial score (nSPS) is 20.6. The number of pyridine rings is 2. The maximum atomic E-state index is 12.1. The molecule has 1 aliphatic heterocycles. The third kappa shape index (κ3) is 3.38. The second-order valence-corrected chi connectivity index (χ2v) is 6.24. The topological polar surface area (TPSA) is 78.4 Å². The minimum atomic E-state index is 0.0482. The molecule has 6 nitrogen and oxygen atoms in total. The fourth-order valence-corrected chi connectivity index (χ4v) is 3.30. The molecule has 6 heteroatoms.